The Morgan fingerprint density at radius 1 is 0.556 bits per heavy atom. The molecule has 0 amide bonds. The molecule has 0 radical (unpaired) electrons. The van der Waals surface area contributed by atoms with Gasteiger partial charge in [-0.2, -0.15) is 0 Å². The highest BCUT2D eigenvalue weighted by molar-refractivity contribution is 7.25. The Bertz CT molecular complexity index is 2540. The van der Waals surface area contributed by atoms with Crippen LogP contribution in [0.3, 0.4) is 0 Å². The molecular formula is C41H28N2OS. The molecule has 3 nitrogen and oxygen atoms in total. The zero-order chi connectivity index (χ0) is 29.9. The standard InChI is InChI=1S/C41H28N2OS/c42-34-20-23-38-40(33-24-29(17-22-37(33)45-38)27-8-2-1-3-9-27)41(34)44-25-26-14-18-30(19-15-26)43-35-13-7-6-12-32(35)39-31-11-5-4-10-28(31)16-21-36(39)43/h1-24H,25,42H2. The number of rotatable bonds is 5. The highest BCUT2D eigenvalue weighted by Gasteiger charge is 2.16. The van der Waals surface area contributed by atoms with Crippen molar-refractivity contribution in [2.75, 3.05) is 5.73 Å². The summed E-state index contributed by atoms with van der Waals surface area (Å²) in [4.78, 5) is 0. The molecule has 0 aliphatic carbocycles. The van der Waals surface area contributed by atoms with Crippen molar-refractivity contribution in [3.8, 4) is 22.6 Å². The van der Waals surface area contributed by atoms with Gasteiger partial charge in [0.1, 0.15) is 6.61 Å². The fourth-order valence-corrected chi connectivity index (χ4v) is 7.82. The third-order valence-corrected chi connectivity index (χ3v) is 10.0. The lowest BCUT2D eigenvalue weighted by Crippen LogP contribution is -2.00. The van der Waals surface area contributed by atoms with Gasteiger partial charge in [-0.05, 0) is 76.0 Å². The number of para-hydroxylation sites is 1. The van der Waals surface area contributed by atoms with Crippen molar-refractivity contribution in [3.05, 3.63) is 151 Å². The minimum atomic E-state index is 0.428. The van der Waals surface area contributed by atoms with Crippen LogP contribution in [-0.2, 0) is 6.61 Å². The summed E-state index contributed by atoms with van der Waals surface area (Å²) in [5, 5.41) is 7.34. The minimum absolute atomic E-state index is 0.428. The average molecular weight is 597 g/mol. The van der Waals surface area contributed by atoms with E-state index in [4.69, 9.17) is 10.5 Å². The molecule has 0 saturated carbocycles. The fraction of sp³-hybridized carbons (Fsp3) is 0.0244. The van der Waals surface area contributed by atoms with Gasteiger partial charge < -0.3 is 15.0 Å². The highest BCUT2D eigenvalue weighted by Crippen LogP contribution is 2.44. The summed E-state index contributed by atoms with van der Waals surface area (Å²) in [5.74, 6) is 0.752. The smallest absolute Gasteiger partial charge is 0.151 e. The summed E-state index contributed by atoms with van der Waals surface area (Å²) in [6, 6.07) is 51.7. The summed E-state index contributed by atoms with van der Waals surface area (Å²) in [5.41, 5.74) is 14.2. The van der Waals surface area contributed by atoms with Crippen LogP contribution < -0.4 is 10.5 Å². The number of ether oxygens (including phenoxy) is 1. The number of nitrogens with two attached hydrogens (primary N) is 1. The molecule has 9 aromatic rings. The van der Waals surface area contributed by atoms with Crippen LogP contribution in [0.25, 0.3) is 69.6 Å². The molecule has 0 saturated heterocycles. The molecule has 0 aliphatic heterocycles. The molecule has 45 heavy (non-hydrogen) atoms. The van der Waals surface area contributed by atoms with Gasteiger partial charge in [0.05, 0.1) is 16.7 Å². The van der Waals surface area contributed by atoms with Crippen LogP contribution in [0.4, 0.5) is 5.69 Å². The molecule has 2 N–H and O–H groups in total. The van der Waals surface area contributed by atoms with E-state index in [-0.39, 0.29) is 0 Å². The summed E-state index contributed by atoms with van der Waals surface area (Å²) >= 11 is 1.77. The van der Waals surface area contributed by atoms with Crippen molar-refractivity contribution in [3.63, 3.8) is 0 Å². The van der Waals surface area contributed by atoms with Crippen LogP contribution in [0.1, 0.15) is 5.56 Å². The summed E-state index contributed by atoms with van der Waals surface area (Å²) < 4.78 is 11.3. The van der Waals surface area contributed by atoms with Gasteiger partial charge in [0.15, 0.2) is 5.75 Å². The number of aromatic nitrogens is 1. The predicted molar refractivity (Wildman–Crippen MR) is 192 cm³/mol. The maximum atomic E-state index is 6.56. The molecule has 0 spiro atoms. The zero-order valence-corrected chi connectivity index (χ0v) is 25.2. The van der Waals surface area contributed by atoms with Crippen LogP contribution in [0.2, 0.25) is 0 Å². The van der Waals surface area contributed by atoms with Gasteiger partial charge in [0, 0.05) is 36.6 Å². The van der Waals surface area contributed by atoms with E-state index in [0.29, 0.717) is 12.3 Å². The second-order valence-corrected chi connectivity index (χ2v) is 12.6. The Hall–Kier alpha value is -5.58. The lowest BCUT2D eigenvalue weighted by Gasteiger charge is -2.13. The first-order valence-corrected chi connectivity index (χ1v) is 16.0. The second kappa shape index (κ2) is 10.3. The Kier molecular flexibility index (Phi) is 5.90. The van der Waals surface area contributed by atoms with Crippen LogP contribution in [0, 0.1) is 0 Å². The number of nitrogens with zero attached hydrogens (tertiary/aromatic N) is 1. The number of benzene rings is 7. The van der Waals surface area contributed by atoms with Crippen molar-refractivity contribution in [2.45, 2.75) is 6.61 Å². The normalized spacial score (nSPS) is 11.7. The largest absolute Gasteiger partial charge is 0.486 e. The third kappa shape index (κ3) is 4.18. The number of nitrogen functional groups attached to an aromatic ring is 1. The number of anilines is 1. The maximum Gasteiger partial charge on any atom is 0.151 e. The SMILES string of the molecule is Nc1ccc2sc3ccc(-c4ccccc4)cc3c2c1OCc1ccc(-n2c3ccccc3c3c4ccccc4ccc32)cc1. The van der Waals surface area contributed by atoms with E-state index < -0.39 is 0 Å². The van der Waals surface area contributed by atoms with Crippen molar-refractivity contribution in [1.82, 2.24) is 4.57 Å². The molecule has 0 fully saturated rings. The van der Waals surface area contributed by atoms with Crippen molar-refractivity contribution in [1.29, 1.82) is 0 Å². The monoisotopic (exact) mass is 596 g/mol. The average Bonchev–Trinajstić information content (AvgIpc) is 3.64. The first kappa shape index (κ1) is 25.9. The Labute approximate surface area is 264 Å². The molecule has 2 aromatic heterocycles. The van der Waals surface area contributed by atoms with Crippen LogP contribution in [0.15, 0.2) is 146 Å². The molecule has 0 bridgehead atoms. The van der Waals surface area contributed by atoms with E-state index in [2.05, 4.69) is 138 Å². The van der Waals surface area contributed by atoms with E-state index in [9.17, 15) is 0 Å². The van der Waals surface area contributed by atoms with E-state index in [1.165, 1.54) is 58.5 Å². The first-order valence-electron chi connectivity index (χ1n) is 15.2. The van der Waals surface area contributed by atoms with Gasteiger partial charge in [-0.3, -0.25) is 0 Å². The van der Waals surface area contributed by atoms with Crippen LogP contribution in [0.5, 0.6) is 5.75 Å². The molecular weight excluding hydrogens is 569 g/mol. The van der Waals surface area contributed by atoms with Crippen molar-refractivity contribution in [2.24, 2.45) is 0 Å². The van der Waals surface area contributed by atoms with Crippen LogP contribution in [-0.4, -0.2) is 4.57 Å². The van der Waals surface area contributed by atoms with Crippen molar-refractivity contribution >= 4 is 69.8 Å². The Morgan fingerprint density at radius 3 is 2.18 bits per heavy atom. The van der Waals surface area contributed by atoms with E-state index in [0.717, 1.165) is 22.4 Å². The van der Waals surface area contributed by atoms with Gasteiger partial charge in [-0.15, -0.1) is 11.3 Å². The molecule has 7 aromatic carbocycles. The molecule has 214 valence electrons. The van der Waals surface area contributed by atoms with Gasteiger partial charge in [0.2, 0.25) is 0 Å². The van der Waals surface area contributed by atoms with E-state index in [1.807, 2.05) is 12.1 Å². The maximum absolute atomic E-state index is 6.56. The molecule has 0 atom stereocenters. The highest BCUT2D eigenvalue weighted by atomic mass is 32.1. The number of thiophene rings is 1. The Balaban J connectivity index is 1.08. The second-order valence-electron chi connectivity index (χ2n) is 11.5. The predicted octanol–water partition coefficient (Wildman–Crippen LogP) is 11.1. The first-order chi connectivity index (χ1) is 22.2. The number of fused-ring (bicyclic) bond motifs is 8. The molecule has 9 rings (SSSR count). The minimum Gasteiger partial charge on any atom is -0.486 e. The van der Waals surface area contributed by atoms with E-state index >= 15 is 0 Å². The van der Waals surface area contributed by atoms with Gasteiger partial charge >= 0.3 is 0 Å². The topological polar surface area (TPSA) is 40.2 Å². The number of hydrogen-bond acceptors (Lipinski definition) is 3. The summed E-state index contributed by atoms with van der Waals surface area (Å²) in [6.07, 6.45) is 0. The van der Waals surface area contributed by atoms with Gasteiger partial charge in [-0.25, -0.2) is 0 Å². The van der Waals surface area contributed by atoms with E-state index in [1.54, 1.807) is 11.3 Å². The quantitative estimate of drug-likeness (QED) is 0.201. The van der Waals surface area contributed by atoms with Crippen molar-refractivity contribution < 1.29 is 4.74 Å². The fourth-order valence-electron chi connectivity index (χ4n) is 6.73. The zero-order valence-electron chi connectivity index (χ0n) is 24.4. The molecule has 0 unspecified atom stereocenters. The summed E-state index contributed by atoms with van der Waals surface area (Å²) in [6.45, 7) is 0.428. The lowest BCUT2D eigenvalue weighted by molar-refractivity contribution is 0.312. The molecule has 4 heteroatoms. The van der Waals surface area contributed by atoms with Gasteiger partial charge in [0.25, 0.3) is 0 Å². The number of hydrogen-bond donors (Lipinski definition) is 1. The third-order valence-electron chi connectivity index (χ3n) is 8.87. The summed E-state index contributed by atoms with van der Waals surface area (Å²) in [7, 11) is 0. The lowest BCUT2D eigenvalue weighted by atomic mass is 10.0. The Morgan fingerprint density at radius 2 is 1.31 bits per heavy atom. The molecule has 2 heterocycles. The van der Waals surface area contributed by atoms with Crippen LogP contribution >= 0.6 is 11.3 Å². The van der Waals surface area contributed by atoms with Gasteiger partial charge in [-0.1, -0.05) is 97.1 Å². The molecule has 0 aliphatic rings.